The van der Waals surface area contributed by atoms with E-state index in [2.05, 4.69) is 5.32 Å². The molecule has 2 heterocycles. The SMILES string of the molecule is CCOC(=O)N1c2cc3c(cc2[C@@H](N(Cc2cc(C(F)(F)F)cc(C(F)(F)F)c2)C(=O)OC)C[C@H]1C)CCN3. The molecule has 0 fully saturated rings. The number of rotatable bonds is 4. The Morgan fingerprint density at radius 1 is 1.05 bits per heavy atom. The fourth-order valence-electron chi connectivity index (χ4n) is 5.12. The number of fused-ring (bicyclic) bond motifs is 2. The Morgan fingerprint density at radius 2 is 1.69 bits per heavy atom. The molecule has 0 aromatic heterocycles. The molecule has 0 unspecified atom stereocenters. The first kappa shape index (κ1) is 28.4. The summed E-state index contributed by atoms with van der Waals surface area (Å²) in [4.78, 5) is 28.4. The molecule has 0 saturated heterocycles. The molecular weight excluding hydrogens is 532 g/mol. The number of amides is 2. The summed E-state index contributed by atoms with van der Waals surface area (Å²) in [5.41, 5.74) is -0.698. The van der Waals surface area contributed by atoms with Crippen molar-refractivity contribution in [3.63, 3.8) is 0 Å². The molecule has 7 nitrogen and oxygen atoms in total. The molecule has 2 aliphatic rings. The van der Waals surface area contributed by atoms with Gasteiger partial charge in [0.1, 0.15) is 0 Å². The molecule has 0 saturated carbocycles. The fraction of sp³-hybridized carbons (Fsp3) is 0.462. The summed E-state index contributed by atoms with van der Waals surface area (Å²) in [5, 5.41) is 3.22. The number of halogens is 6. The van der Waals surface area contributed by atoms with Crippen molar-refractivity contribution in [3.8, 4) is 0 Å². The quantitative estimate of drug-likeness (QED) is 0.420. The molecule has 2 aromatic rings. The lowest BCUT2D eigenvalue weighted by atomic mass is 9.88. The molecule has 0 spiro atoms. The molecule has 39 heavy (non-hydrogen) atoms. The molecule has 13 heteroatoms. The van der Waals surface area contributed by atoms with E-state index < -0.39 is 54.3 Å². The zero-order valence-electron chi connectivity index (χ0n) is 21.4. The smallest absolute Gasteiger partial charge is 0.416 e. The third-order valence-corrected chi connectivity index (χ3v) is 6.84. The van der Waals surface area contributed by atoms with Gasteiger partial charge in [0.05, 0.1) is 36.6 Å². The van der Waals surface area contributed by atoms with E-state index in [1.165, 1.54) is 4.90 Å². The van der Waals surface area contributed by atoms with Gasteiger partial charge in [-0.2, -0.15) is 26.3 Å². The van der Waals surface area contributed by atoms with Crippen LogP contribution in [-0.2, 0) is 34.8 Å². The molecule has 212 valence electrons. The minimum absolute atomic E-state index is 0.0392. The third kappa shape index (κ3) is 5.71. The molecule has 1 N–H and O–H groups in total. The monoisotopic (exact) mass is 559 g/mol. The molecule has 2 atom stereocenters. The largest absolute Gasteiger partial charge is 0.453 e. The topological polar surface area (TPSA) is 71.1 Å². The minimum Gasteiger partial charge on any atom is -0.453 e. The van der Waals surface area contributed by atoms with Gasteiger partial charge in [-0.1, -0.05) is 0 Å². The van der Waals surface area contributed by atoms with Crippen molar-refractivity contribution < 1.29 is 45.4 Å². The number of carbonyl (C=O) groups excluding carboxylic acids is 2. The van der Waals surface area contributed by atoms with Crippen LogP contribution in [0.15, 0.2) is 30.3 Å². The maximum atomic E-state index is 13.5. The summed E-state index contributed by atoms with van der Waals surface area (Å²) in [7, 11) is 1.08. The number of anilines is 2. The van der Waals surface area contributed by atoms with E-state index in [1.807, 2.05) is 0 Å². The molecule has 0 bridgehead atoms. The lowest BCUT2D eigenvalue weighted by Gasteiger charge is -2.42. The molecule has 2 amide bonds. The second kappa shape index (κ2) is 10.5. The highest BCUT2D eigenvalue weighted by Gasteiger charge is 2.41. The number of nitrogens with zero attached hydrogens (tertiary/aromatic N) is 2. The van der Waals surface area contributed by atoms with Gasteiger partial charge in [-0.05, 0) is 73.7 Å². The Hall–Kier alpha value is -3.64. The molecule has 2 aliphatic heterocycles. The number of carbonyl (C=O) groups is 2. The van der Waals surface area contributed by atoms with Crippen LogP contribution in [0.1, 0.15) is 54.1 Å². The van der Waals surface area contributed by atoms with Crippen molar-refractivity contribution in [2.45, 2.75) is 57.7 Å². The van der Waals surface area contributed by atoms with Crippen molar-refractivity contribution in [1.82, 2.24) is 4.90 Å². The van der Waals surface area contributed by atoms with E-state index in [9.17, 15) is 35.9 Å². The number of benzene rings is 2. The lowest BCUT2D eigenvalue weighted by Crippen LogP contribution is -2.47. The summed E-state index contributed by atoms with van der Waals surface area (Å²) < 4.78 is 91.0. The van der Waals surface area contributed by atoms with Gasteiger partial charge in [-0.3, -0.25) is 9.80 Å². The highest BCUT2D eigenvalue weighted by Crippen LogP contribution is 2.45. The van der Waals surface area contributed by atoms with Gasteiger partial charge in [0.2, 0.25) is 0 Å². The van der Waals surface area contributed by atoms with Crippen LogP contribution in [0.25, 0.3) is 0 Å². The Balaban J connectivity index is 1.83. The highest BCUT2D eigenvalue weighted by molar-refractivity contribution is 5.92. The van der Waals surface area contributed by atoms with Crippen LogP contribution < -0.4 is 10.2 Å². The number of ether oxygens (including phenoxy) is 2. The van der Waals surface area contributed by atoms with Gasteiger partial charge < -0.3 is 14.8 Å². The minimum atomic E-state index is -5.04. The Morgan fingerprint density at radius 3 is 2.26 bits per heavy atom. The Bertz CT molecular complexity index is 1230. The standard InChI is InChI=1S/C26H27F6N3O4/c1-4-39-24(37)35-14(2)7-21(19-10-16-5-6-33-20(16)12-22(19)35)34(23(36)38-3)13-15-8-17(25(27,28)29)11-18(9-15)26(30,31)32/h8-12,14,21,33H,4-7,13H2,1-3H3/t14-,21+/m1/s1. The number of nitrogens with one attached hydrogen (secondary N) is 1. The van der Waals surface area contributed by atoms with E-state index in [0.29, 0.717) is 36.3 Å². The second-order valence-corrected chi connectivity index (χ2v) is 9.43. The number of alkyl halides is 6. The maximum absolute atomic E-state index is 13.5. The average molecular weight is 560 g/mol. The summed E-state index contributed by atoms with van der Waals surface area (Å²) in [6.07, 6.45) is -10.8. The van der Waals surface area contributed by atoms with Gasteiger partial charge in [-0.15, -0.1) is 0 Å². The molecule has 2 aromatic carbocycles. The van der Waals surface area contributed by atoms with E-state index in [0.717, 1.165) is 23.3 Å². The van der Waals surface area contributed by atoms with Crippen molar-refractivity contribution >= 4 is 23.6 Å². The van der Waals surface area contributed by atoms with Crippen molar-refractivity contribution in [1.29, 1.82) is 0 Å². The molecule has 4 rings (SSSR count). The van der Waals surface area contributed by atoms with Gasteiger partial charge in [0.25, 0.3) is 0 Å². The predicted molar refractivity (Wildman–Crippen MR) is 129 cm³/mol. The number of hydrogen-bond acceptors (Lipinski definition) is 5. The first-order valence-corrected chi connectivity index (χ1v) is 12.2. The lowest BCUT2D eigenvalue weighted by molar-refractivity contribution is -0.143. The van der Waals surface area contributed by atoms with Crippen molar-refractivity contribution in [3.05, 3.63) is 58.1 Å². The second-order valence-electron chi connectivity index (χ2n) is 9.43. The number of methoxy groups -OCH3 is 1. The van der Waals surface area contributed by atoms with E-state index >= 15 is 0 Å². The summed E-state index contributed by atoms with van der Waals surface area (Å²) in [6.45, 7) is 3.54. The van der Waals surface area contributed by atoms with Crippen LogP contribution in [-0.4, -0.2) is 43.4 Å². The van der Waals surface area contributed by atoms with E-state index in [1.54, 1.807) is 26.0 Å². The van der Waals surface area contributed by atoms with Crippen LogP contribution in [0.2, 0.25) is 0 Å². The van der Waals surface area contributed by atoms with Crippen LogP contribution >= 0.6 is 0 Å². The van der Waals surface area contributed by atoms with Gasteiger partial charge in [0, 0.05) is 24.8 Å². The summed E-state index contributed by atoms with van der Waals surface area (Å²) in [6, 6.07) is 3.43. The van der Waals surface area contributed by atoms with Gasteiger partial charge in [0.15, 0.2) is 0 Å². The molecule has 0 radical (unpaired) electrons. The van der Waals surface area contributed by atoms with E-state index in [-0.39, 0.29) is 24.7 Å². The highest BCUT2D eigenvalue weighted by atomic mass is 19.4. The Kier molecular flexibility index (Phi) is 7.63. The van der Waals surface area contributed by atoms with Crippen LogP contribution in [0.4, 0.5) is 47.3 Å². The maximum Gasteiger partial charge on any atom is 0.416 e. The number of hydrogen-bond donors (Lipinski definition) is 1. The van der Waals surface area contributed by atoms with Crippen molar-refractivity contribution in [2.75, 3.05) is 30.5 Å². The van der Waals surface area contributed by atoms with Crippen LogP contribution in [0, 0.1) is 0 Å². The zero-order valence-corrected chi connectivity index (χ0v) is 21.4. The third-order valence-electron chi connectivity index (χ3n) is 6.84. The van der Waals surface area contributed by atoms with Crippen LogP contribution in [0.3, 0.4) is 0 Å². The van der Waals surface area contributed by atoms with Crippen LogP contribution in [0.5, 0.6) is 0 Å². The van der Waals surface area contributed by atoms with Crippen molar-refractivity contribution in [2.24, 2.45) is 0 Å². The zero-order chi connectivity index (χ0) is 28.7. The normalized spacial score (nSPS) is 18.6. The first-order chi connectivity index (χ1) is 18.2. The average Bonchev–Trinajstić information content (AvgIpc) is 3.31. The summed E-state index contributed by atoms with van der Waals surface area (Å²) >= 11 is 0. The van der Waals surface area contributed by atoms with Gasteiger partial charge >= 0.3 is 24.5 Å². The molecular formula is C26H27F6N3O4. The van der Waals surface area contributed by atoms with E-state index in [4.69, 9.17) is 9.47 Å². The summed E-state index contributed by atoms with van der Waals surface area (Å²) in [5.74, 6) is 0. The molecule has 0 aliphatic carbocycles. The first-order valence-electron chi connectivity index (χ1n) is 12.2. The fourth-order valence-corrected chi connectivity index (χ4v) is 5.12. The predicted octanol–water partition coefficient (Wildman–Crippen LogP) is 6.76. The Labute approximate surface area is 220 Å². The van der Waals surface area contributed by atoms with Gasteiger partial charge in [-0.25, -0.2) is 9.59 Å².